The topological polar surface area (TPSA) is 565 Å². The summed E-state index contributed by atoms with van der Waals surface area (Å²) in [5.41, 5.74) is 19.5. The molecule has 15 unspecified atom stereocenters. The van der Waals surface area contributed by atoms with Gasteiger partial charge in [-0.3, -0.25) is 71.9 Å². The second-order valence-corrected chi connectivity index (χ2v) is 31.1. The Morgan fingerprint density at radius 1 is 0.416 bits per heavy atom. The Balaban J connectivity index is 0.00000166. The largest absolute Gasteiger partial charge is 0.468 e. The molecule has 125 heavy (non-hydrogen) atoms. The molecule has 0 spiro atoms. The van der Waals surface area contributed by atoms with E-state index in [9.17, 15) is 86.3 Å². The Labute approximate surface area is 734 Å². The van der Waals surface area contributed by atoms with Gasteiger partial charge < -0.3 is 105 Å². The number of hydrogen-bond acceptors (Lipinski definition) is 34. The average Bonchev–Trinajstić information content (AvgIpc) is 1.65. The highest BCUT2D eigenvalue weighted by Crippen LogP contribution is 2.67. The van der Waals surface area contributed by atoms with Crippen molar-refractivity contribution in [2.45, 2.75) is 292 Å². The fourth-order valence-electron chi connectivity index (χ4n) is 15.7. The van der Waals surface area contributed by atoms with E-state index in [4.69, 9.17) is 50.4 Å². The number of nitrogens with two attached hydrogens (primary N) is 3. The van der Waals surface area contributed by atoms with Crippen molar-refractivity contribution in [2.75, 3.05) is 85.8 Å². The lowest BCUT2D eigenvalue weighted by Gasteiger charge is -2.58. The molecule has 11 N–H and O–H groups in total. The number of amides is 5. The molecule has 39 nitrogen and oxygen atoms in total. The first-order valence-electron chi connectivity index (χ1n) is 43.6. The molecule has 39 heteroatoms. The molecule has 4 rings (SSSR count). The molecule has 0 aromatic rings. The summed E-state index contributed by atoms with van der Waals surface area (Å²) < 4.78 is 61.6. The Morgan fingerprint density at radius 2 is 0.848 bits per heavy atom. The lowest BCUT2D eigenvalue weighted by atomic mass is 9.47. The van der Waals surface area contributed by atoms with Crippen molar-refractivity contribution in [1.82, 2.24) is 26.6 Å². The van der Waals surface area contributed by atoms with Gasteiger partial charge in [0.2, 0.25) is 29.5 Å². The monoisotopic (exact) mass is 1780 g/mol. The van der Waals surface area contributed by atoms with Crippen LogP contribution >= 0.6 is 0 Å². The molecule has 3 saturated carbocycles. The Bertz CT molecular complexity index is 3280. The summed E-state index contributed by atoms with van der Waals surface area (Å²) in [6.07, 6.45) is 17.6. The van der Waals surface area contributed by atoms with Crippen LogP contribution in [0.3, 0.4) is 0 Å². The summed E-state index contributed by atoms with van der Waals surface area (Å²) in [5.74, 6) is -1.59. The summed E-state index contributed by atoms with van der Waals surface area (Å²) in [7, 11) is 0. The van der Waals surface area contributed by atoms with Gasteiger partial charge in [-0.1, -0.05) is 65.5 Å². The van der Waals surface area contributed by atoms with Crippen LogP contribution in [0.4, 0.5) is 0 Å². The molecule has 3 fully saturated rings. The van der Waals surface area contributed by atoms with Crippen LogP contribution in [0.5, 0.6) is 0 Å². The lowest BCUT2D eigenvalue weighted by molar-refractivity contribution is -0.153. The normalized spacial score (nSPS) is 19.8. The Morgan fingerprint density at radius 3 is 1.29 bits per heavy atom. The highest BCUT2D eigenvalue weighted by Gasteiger charge is 2.59. The van der Waals surface area contributed by atoms with E-state index in [1.54, 1.807) is 54.0 Å². The van der Waals surface area contributed by atoms with Gasteiger partial charge in [0.1, 0.15) is 36.9 Å². The second-order valence-electron chi connectivity index (χ2n) is 31.1. The van der Waals surface area contributed by atoms with Crippen LogP contribution in [0.25, 0.3) is 0 Å². The van der Waals surface area contributed by atoms with Crippen molar-refractivity contribution < 1.29 is 148 Å². The van der Waals surface area contributed by atoms with Gasteiger partial charge in [0, 0.05) is 51.5 Å². The molecule has 4 aliphatic rings. The standard InChI is InChI=1S/C31H50O4.C25H43N5O11.C14H24N2O7.C13H21NO7.C3H6O2/c1-21(2)7-6-8-22(3)26-11-12-27-25-10-9-23-19-24(35-29(33)15-18-34-20-32)13-16-30(23,4)28(25)14-17-31(26,27)5;1-3-40-21(33)9-8-20(25(37)41-4-2)30-24(36)19(29-23(35)18(27)11-14-39-16-32)7-5-6-12-28-22(34)17(26)10-13-38-15-31;1-3-22-12(18)6-5-11(14(20)23-4-2)16-13(19)10(15)7-8-21-9-17;1-3-20-12(17)6-5-10(13(18)21-4-2)14-11(16)7-8-19-9-15;1-2-5-3-4/h9,20-22,24-28H,6-8,10-19H2,1-5H3;15-20H,3-14,26-27H2,1-2H3,(H,28,34)(H,29,35)(H,30,36);9-11H,3-8,15H2,1-2H3,(H,16,19);9-10H,3-8H2,1-2H3,(H,14,16);3H,2H2,1H3. The minimum absolute atomic E-state index is 0.00453. The number of nitrogens with one attached hydrogen (secondary N) is 5. The number of fused-ring (bicyclic) bond motifs is 5. The van der Waals surface area contributed by atoms with E-state index in [0.717, 1.165) is 54.8 Å². The van der Waals surface area contributed by atoms with Crippen LogP contribution in [-0.2, 0) is 148 Å². The molecular weight excluding hydrogens is 1640 g/mol. The van der Waals surface area contributed by atoms with Gasteiger partial charge in [0.15, 0.2) is 0 Å². The Kier molecular flexibility index (Phi) is 62.9. The van der Waals surface area contributed by atoms with Crippen LogP contribution in [0.1, 0.15) is 244 Å². The van der Waals surface area contributed by atoms with E-state index in [1.165, 1.54) is 51.4 Å². The van der Waals surface area contributed by atoms with Crippen molar-refractivity contribution in [3.63, 3.8) is 0 Å². The minimum Gasteiger partial charge on any atom is -0.468 e. The maximum atomic E-state index is 13.2. The van der Waals surface area contributed by atoms with Crippen molar-refractivity contribution in [3.8, 4) is 0 Å². The van der Waals surface area contributed by atoms with Crippen LogP contribution in [0.2, 0.25) is 0 Å². The highest BCUT2D eigenvalue weighted by molar-refractivity contribution is 5.92. The number of carbonyl (C=O) groups is 18. The van der Waals surface area contributed by atoms with E-state index in [2.05, 4.69) is 95.7 Å². The fourth-order valence-corrected chi connectivity index (χ4v) is 15.7. The third-order valence-electron chi connectivity index (χ3n) is 22.0. The summed E-state index contributed by atoms with van der Waals surface area (Å²) in [5, 5.41) is 12.6. The number of ether oxygens (including phenoxy) is 13. The molecule has 15 atom stereocenters. The SMILES string of the molecule is CC(C)CCCC(C)C1CCC2C3CC=C4CC(OC(=O)CCOC=O)CCC4(C)C3CCC12C.CCOC(=O)CCC(NC(=O)C(CCCCNC(=O)C(N)CCOC=O)NC(=O)C(N)CCOC=O)C(=O)OCC.CCOC(=O)CCC(NC(=O)C(N)CCOC=O)C(=O)OCC.CCOC(=O)CCC(NC(=O)CCOC=O)C(=O)OCC.CCOC=O. The summed E-state index contributed by atoms with van der Waals surface area (Å²) in [6.45, 7) is 27.4. The van der Waals surface area contributed by atoms with E-state index >= 15 is 0 Å². The van der Waals surface area contributed by atoms with Gasteiger partial charge in [-0.05, 0) is 178 Å². The molecule has 0 aromatic carbocycles. The summed E-state index contributed by atoms with van der Waals surface area (Å²) in [6, 6.07) is -7.13. The number of unbranched alkanes of at least 4 members (excludes halogenated alkanes) is 1. The first-order chi connectivity index (χ1) is 59.7. The number of carbonyl (C=O) groups excluding carboxylic acids is 18. The van der Waals surface area contributed by atoms with E-state index in [1.807, 2.05) is 0 Å². The van der Waals surface area contributed by atoms with Crippen LogP contribution in [0.15, 0.2) is 11.6 Å². The van der Waals surface area contributed by atoms with Gasteiger partial charge >= 0.3 is 41.8 Å². The zero-order chi connectivity index (χ0) is 94.1. The molecule has 0 heterocycles. The van der Waals surface area contributed by atoms with E-state index < -0.39 is 108 Å². The molecule has 0 aromatic heterocycles. The van der Waals surface area contributed by atoms with Crippen molar-refractivity contribution in [3.05, 3.63) is 11.6 Å². The minimum atomic E-state index is -1.18. The maximum Gasteiger partial charge on any atom is 0.328 e. The van der Waals surface area contributed by atoms with Gasteiger partial charge in [-0.25, -0.2) is 14.4 Å². The molecule has 4 aliphatic carbocycles. The van der Waals surface area contributed by atoms with Gasteiger partial charge in [-0.2, -0.15) is 0 Å². The summed E-state index contributed by atoms with van der Waals surface area (Å²) in [4.78, 5) is 204. The molecule has 0 radical (unpaired) electrons. The molecule has 5 amide bonds. The van der Waals surface area contributed by atoms with Crippen molar-refractivity contribution >= 4 is 110 Å². The average molecular weight is 1790 g/mol. The third kappa shape index (κ3) is 47.3. The number of hydrogen-bond donors (Lipinski definition) is 8. The lowest BCUT2D eigenvalue weighted by Crippen LogP contribution is -2.54. The summed E-state index contributed by atoms with van der Waals surface area (Å²) >= 11 is 0. The predicted molar refractivity (Wildman–Crippen MR) is 450 cm³/mol. The Hall–Kier alpha value is -9.92. The maximum absolute atomic E-state index is 13.2. The number of allylic oxidation sites excluding steroid dienone is 1. The van der Waals surface area contributed by atoms with Gasteiger partial charge in [0.05, 0.1) is 104 Å². The van der Waals surface area contributed by atoms with Crippen LogP contribution < -0.4 is 43.8 Å². The van der Waals surface area contributed by atoms with Gasteiger partial charge in [-0.15, -0.1) is 0 Å². The zero-order valence-corrected chi connectivity index (χ0v) is 75.4. The van der Waals surface area contributed by atoms with E-state index in [0.29, 0.717) is 37.8 Å². The third-order valence-corrected chi connectivity index (χ3v) is 22.0. The number of rotatable bonds is 59. The predicted octanol–water partition coefficient (Wildman–Crippen LogP) is 4.82. The first kappa shape index (κ1) is 115. The van der Waals surface area contributed by atoms with Crippen molar-refractivity contribution in [1.29, 1.82) is 0 Å². The van der Waals surface area contributed by atoms with Crippen molar-refractivity contribution in [2.24, 2.45) is 63.5 Å². The molecular formula is C86H144N8O31. The molecule has 0 bridgehead atoms. The molecule has 0 aliphatic heterocycles. The highest BCUT2D eigenvalue weighted by atomic mass is 16.6. The van der Waals surface area contributed by atoms with Crippen LogP contribution in [-0.4, -0.2) is 244 Å². The number of esters is 7. The molecule has 714 valence electrons. The smallest absolute Gasteiger partial charge is 0.328 e. The fraction of sp³-hybridized carbons (Fsp3) is 0.767. The first-order valence-corrected chi connectivity index (χ1v) is 43.6. The van der Waals surface area contributed by atoms with E-state index in [-0.39, 0.29) is 200 Å². The van der Waals surface area contributed by atoms with Gasteiger partial charge in [0.25, 0.3) is 38.8 Å². The quantitative estimate of drug-likeness (QED) is 0.0133. The molecule has 0 saturated heterocycles. The van der Waals surface area contributed by atoms with Crippen LogP contribution in [0, 0.1) is 46.3 Å². The zero-order valence-electron chi connectivity index (χ0n) is 75.4. The second kappa shape index (κ2) is 68.4.